The summed E-state index contributed by atoms with van der Waals surface area (Å²) in [6.07, 6.45) is -3.00. The Hall–Kier alpha value is -3.69. The number of nitrogens with one attached hydrogen (secondary N) is 2. The van der Waals surface area contributed by atoms with Gasteiger partial charge in [-0.2, -0.15) is 18.4 Å². The van der Waals surface area contributed by atoms with Gasteiger partial charge in [0.05, 0.1) is 0 Å². The van der Waals surface area contributed by atoms with Crippen molar-refractivity contribution in [2.75, 3.05) is 0 Å². The van der Waals surface area contributed by atoms with Gasteiger partial charge in [0, 0.05) is 23.2 Å². The number of aromatic amines is 2. The monoisotopic (exact) mass is 442 g/mol. The second-order valence-electron chi connectivity index (χ2n) is 7.48. The van der Waals surface area contributed by atoms with E-state index in [0.29, 0.717) is 34.6 Å². The third-order valence-corrected chi connectivity index (χ3v) is 5.13. The smallest absolute Gasteiger partial charge is 0.299 e. The normalized spacial score (nSPS) is 11.8. The number of hydrogen-bond donors (Lipinski definition) is 2. The van der Waals surface area contributed by atoms with Crippen LogP contribution in [-0.2, 0) is 19.4 Å². The molecule has 0 aliphatic carbocycles. The average molecular weight is 442 g/mol. The van der Waals surface area contributed by atoms with E-state index in [-0.39, 0.29) is 6.42 Å². The minimum atomic E-state index is -4.47. The fraction of sp³-hybridized carbons (Fsp3) is 0.273. The lowest BCUT2D eigenvalue weighted by molar-refractivity contribution is -0.143. The van der Waals surface area contributed by atoms with Gasteiger partial charge < -0.3 is 0 Å². The second kappa shape index (κ2) is 8.81. The highest BCUT2D eigenvalue weighted by Gasteiger charge is 2.30. The summed E-state index contributed by atoms with van der Waals surface area (Å²) in [6.45, 7) is 0.591. The molecule has 0 spiro atoms. The number of H-pyrrole nitrogens is 2. The number of halogens is 3. The Labute approximate surface area is 181 Å². The van der Waals surface area contributed by atoms with E-state index in [1.54, 1.807) is 0 Å². The van der Waals surface area contributed by atoms with Crippen LogP contribution in [0.2, 0.25) is 0 Å². The molecule has 32 heavy (non-hydrogen) atoms. The number of alkyl halides is 3. The molecule has 0 saturated carbocycles. The first-order valence-electron chi connectivity index (χ1n) is 10.1. The molecule has 4 rings (SSSR count). The first-order valence-corrected chi connectivity index (χ1v) is 10.1. The van der Waals surface area contributed by atoms with Gasteiger partial charge in [-0.25, -0.2) is 4.68 Å². The molecule has 2 aromatic heterocycles. The predicted molar refractivity (Wildman–Crippen MR) is 113 cm³/mol. The molecule has 7 nitrogen and oxygen atoms in total. The highest BCUT2D eigenvalue weighted by molar-refractivity contribution is 5.80. The lowest BCUT2D eigenvalue weighted by Gasteiger charge is -2.08. The van der Waals surface area contributed by atoms with Crippen molar-refractivity contribution in [3.63, 3.8) is 0 Å². The Morgan fingerprint density at radius 2 is 1.75 bits per heavy atom. The summed E-state index contributed by atoms with van der Waals surface area (Å²) in [5.74, 6) is 0.478. The SMILES string of the molecule is CCCc1[nH]n(CC(F)(F)F)c(=O)c1Cc1ccc(-c2ccccc2-c2nn[nH]n2)cc1. The number of benzene rings is 2. The first kappa shape index (κ1) is 21.5. The van der Waals surface area contributed by atoms with Crippen LogP contribution in [0.25, 0.3) is 22.5 Å². The molecule has 0 bridgehead atoms. The van der Waals surface area contributed by atoms with Crippen molar-refractivity contribution in [2.45, 2.75) is 38.9 Å². The fourth-order valence-electron chi connectivity index (χ4n) is 3.71. The zero-order chi connectivity index (χ0) is 22.7. The topological polar surface area (TPSA) is 92.2 Å². The van der Waals surface area contributed by atoms with Crippen molar-refractivity contribution in [1.82, 2.24) is 30.4 Å². The molecule has 166 valence electrons. The molecule has 2 aromatic carbocycles. The van der Waals surface area contributed by atoms with E-state index in [1.165, 1.54) is 0 Å². The van der Waals surface area contributed by atoms with E-state index < -0.39 is 18.3 Å². The number of rotatable bonds is 7. The minimum Gasteiger partial charge on any atom is -0.299 e. The predicted octanol–water partition coefficient (Wildman–Crippen LogP) is 4.13. The Balaban J connectivity index is 1.63. The molecule has 4 aromatic rings. The molecule has 0 amide bonds. The van der Waals surface area contributed by atoms with Crippen LogP contribution in [0.5, 0.6) is 0 Å². The van der Waals surface area contributed by atoms with Gasteiger partial charge in [0.25, 0.3) is 5.56 Å². The maximum Gasteiger partial charge on any atom is 0.408 e. The molecule has 2 heterocycles. The number of nitrogens with zero attached hydrogens (tertiary/aromatic N) is 4. The fourth-order valence-corrected chi connectivity index (χ4v) is 3.71. The lowest BCUT2D eigenvalue weighted by atomic mass is 9.96. The molecule has 0 atom stereocenters. The Kier molecular flexibility index (Phi) is 5.93. The Bertz CT molecular complexity index is 1240. The summed E-state index contributed by atoms with van der Waals surface area (Å²) in [5, 5.41) is 16.8. The summed E-state index contributed by atoms with van der Waals surface area (Å²) >= 11 is 0. The highest BCUT2D eigenvalue weighted by Crippen LogP contribution is 2.30. The van der Waals surface area contributed by atoms with Gasteiger partial charge in [-0.05, 0) is 28.3 Å². The van der Waals surface area contributed by atoms with Gasteiger partial charge in [-0.1, -0.05) is 61.9 Å². The summed E-state index contributed by atoms with van der Waals surface area (Å²) < 4.78 is 39.1. The van der Waals surface area contributed by atoms with Gasteiger partial charge >= 0.3 is 6.18 Å². The number of hydrogen-bond acceptors (Lipinski definition) is 4. The van der Waals surface area contributed by atoms with E-state index in [2.05, 4.69) is 25.7 Å². The van der Waals surface area contributed by atoms with E-state index in [4.69, 9.17) is 0 Å². The number of aryl methyl sites for hydroxylation is 1. The van der Waals surface area contributed by atoms with Crippen molar-refractivity contribution in [1.29, 1.82) is 0 Å². The highest BCUT2D eigenvalue weighted by atomic mass is 19.4. The van der Waals surface area contributed by atoms with Crippen molar-refractivity contribution in [2.24, 2.45) is 0 Å². The second-order valence-corrected chi connectivity index (χ2v) is 7.48. The van der Waals surface area contributed by atoms with Crippen LogP contribution >= 0.6 is 0 Å². The van der Waals surface area contributed by atoms with Gasteiger partial charge in [0.1, 0.15) is 6.54 Å². The molecule has 10 heteroatoms. The Morgan fingerprint density at radius 1 is 1.03 bits per heavy atom. The number of aromatic nitrogens is 6. The van der Waals surface area contributed by atoms with E-state index >= 15 is 0 Å². The van der Waals surface area contributed by atoms with Crippen LogP contribution in [0.15, 0.2) is 53.3 Å². The van der Waals surface area contributed by atoms with Gasteiger partial charge in [0.2, 0.25) is 5.82 Å². The molecule has 0 saturated heterocycles. The van der Waals surface area contributed by atoms with Crippen LogP contribution in [0, 0.1) is 0 Å². The largest absolute Gasteiger partial charge is 0.408 e. The summed E-state index contributed by atoms with van der Waals surface area (Å²) in [7, 11) is 0. The molecular formula is C22H21F3N6O. The average Bonchev–Trinajstić information content (AvgIpc) is 3.39. The van der Waals surface area contributed by atoms with E-state index in [1.807, 2.05) is 55.5 Å². The summed E-state index contributed by atoms with van der Waals surface area (Å²) in [6, 6.07) is 15.2. The molecule has 0 aliphatic heterocycles. The van der Waals surface area contributed by atoms with Crippen LogP contribution in [-0.4, -0.2) is 36.6 Å². The third kappa shape index (κ3) is 4.63. The van der Waals surface area contributed by atoms with Crippen molar-refractivity contribution in [3.8, 4) is 22.5 Å². The van der Waals surface area contributed by atoms with E-state index in [9.17, 15) is 18.0 Å². The molecule has 0 radical (unpaired) electrons. The van der Waals surface area contributed by atoms with Crippen molar-refractivity contribution >= 4 is 0 Å². The zero-order valence-corrected chi connectivity index (χ0v) is 17.3. The molecule has 0 unspecified atom stereocenters. The lowest BCUT2D eigenvalue weighted by Crippen LogP contribution is -2.27. The van der Waals surface area contributed by atoms with E-state index in [0.717, 1.165) is 22.3 Å². The van der Waals surface area contributed by atoms with Gasteiger partial charge in [-0.15, -0.1) is 10.2 Å². The Morgan fingerprint density at radius 3 is 2.38 bits per heavy atom. The van der Waals surface area contributed by atoms with Crippen LogP contribution < -0.4 is 5.56 Å². The maximum absolute atomic E-state index is 12.8. The minimum absolute atomic E-state index is 0.252. The van der Waals surface area contributed by atoms with Crippen LogP contribution in [0.4, 0.5) is 13.2 Å². The van der Waals surface area contributed by atoms with Crippen LogP contribution in [0.1, 0.15) is 30.2 Å². The molecule has 0 aliphatic rings. The zero-order valence-electron chi connectivity index (χ0n) is 17.3. The molecular weight excluding hydrogens is 421 g/mol. The number of tetrazole rings is 1. The van der Waals surface area contributed by atoms with Crippen molar-refractivity contribution < 1.29 is 13.2 Å². The quantitative estimate of drug-likeness (QED) is 0.450. The van der Waals surface area contributed by atoms with Gasteiger partial charge in [0.15, 0.2) is 0 Å². The van der Waals surface area contributed by atoms with Crippen molar-refractivity contribution in [3.05, 3.63) is 75.7 Å². The third-order valence-electron chi connectivity index (χ3n) is 5.13. The summed E-state index contributed by atoms with van der Waals surface area (Å²) in [5.41, 5.74) is 3.78. The van der Waals surface area contributed by atoms with Crippen LogP contribution in [0.3, 0.4) is 0 Å². The maximum atomic E-state index is 12.8. The van der Waals surface area contributed by atoms with Gasteiger partial charge in [-0.3, -0.25) is 9.89 Å². The summed E-state index contributed by atoms with van der Waals surface area (Å²) in [4.78, 5) is 12.6. The standard InChI is InChI=1S/C22H21F3N6O/c1-2-5-19-18(21(32)31(28-19)13-22(23,24)25)12-14-8-10-15(11-9-14)16-6-3-4-7-17(16)20-26-29-30-27-20/h3-4,6-11,28H,2,5,12-13H2,1H3,(H,26,27,29,30). The first-order chi connectivity index (χ1) is 15.4. The molecule has 2 N–H and O–H groups in total. The molecule has 0 fully saturated rings.